The molecule has 34 heavy (non-hydrogen) atoms. The standard InChI is InChI=1S/C26H19ClN2O4S/c1-2-33-18-12-13-19-20(14-18)34-26(28-19)29-22(15-8-10-17(27)11-9-15)21(24(31)25(29)32)23(30)16-6-4-3-5-7-16/h3-14,22,30H,2H2,1H3/b23-21+/t22-/m0/s1. The summed E-state index contributed by atoms with van der Waals surface area (Å²) >= 11 is 7.37. The average Bonchev–Trinajstić information content (AvgIpc) is 3.38. The van der Waals surface area contributed by atoms with Crippen molar-refractivity contribution in [2.45, 2.75) is 13.0 Å². The number of amides is 1. The van der Waals surface area contributed by atoms with Gasteiger partial charge in [0.25, 0.3) is 5.78 Å². The molecular formula is C26H19ClN2O4S. The van der Waals surface area contributed by atoms with Gasteiger partial charge in [-0.05, 0) is 42.8 Å². The van der Waals surface area contributed by atoms with E-state index in [1.165, 1.54) is 16.2 Å². The Balaban J connectivity index is 1.69. The van der Waals surface area contributed by atoms with Crippen molar-refractivity contribution < 1.29 is 19.4 Å². The molecule has 1 aliphatic rings. The van der Waals surface area contributed by atoms with E-state index in [1.54, 1.807) is 48.5 Å². The van der Waals surface area contributed by atoms with Crippen molar-refractivity contribution >= 4 is 55.7 Å². The number of ketones is 1. The van der Waals surface area contributed by atoms with E-state index in [9.17, 15) is 14.7 Å². The van der Waals surface area contributed by atoms with Gasteiger partial charge in [0.05, 0.1) is 28.4 Å². The third-order valence-corrected chi connectivity index (χ3v) is 6.81. The molecule has 0 spiro atoms. The first-order chi connectivity index (χ1) is 16.5. The molecule has 3 aromatic carbocycles. The first-order valence-electron chi connectivity index (χ1n) is 10.6. The van der Waals surface area contributed by atoms with Crippen molar-refractivity contribution in [3.05, 3.63) is 94.5 Å². The maximum atomic E-state index is 13.3. The number of anilines is 1. The minimum absolute atomic E-state index is 0.00721. The van der Waals surface area contributed by atoms with Gasteiger partial charge < -0.3 is 9.84 Å². The maximum Gasteiger partial charge on any atom is 0.301 e. The zero-order valence-corrected chi connectivity index (χ0v) is 19.6. The summed E-state index contributed by atoms with van der Waals surface area (Å²) in [4.78, 5) is 32.5. The second-order valence-corrected chi connectivity index (χ2v) is 9.09. The summed E-state index contributed by atoms with van der Waals surface area (Å²) in [5.74, 6) is -1.05. The van der Waals surface area contributed by atoms with Crippen LogP contribution in [0.4, 0.5) is 5.13 Å². The minimum Gasteiger partial charge on any atom is -0.507 e. The van der Waals surface area contributed by atoms with Crippen molar-refractivity contribution in [2.75, 3.05) is 11.5 Å². The fourth-order valence-corrected chi connectivity index (χ4v) is 5.14. The summed E-state index contributed by atoms with van der Waals surface area (Å²) in [6.07, 6.45) is 0. The van der Waals surface area contributed by atoms with E-state index < -0.39 is 17.7 Å². The van der Waals surface area contributed by atoms with E-state index in [2.05, 4.69) is 4.98 Å². The number of carbonyl (C=O) groups excluding carboxylic acids is 2. The number of carbonyl (C=O) groups is 2. The topological polar surface area (TPSA) is 79.7 Å². The number of aliphatic hydroxyl groups excluding tert-OH is 1. The van der Waals surface area contributed by atoms with Crippen LogP contribution in [0.25, 0.3) is 16.0 Å². The molecule has 2 heterocycles. The van der Waals surface area contributed by atoms with Crippen molar-refractivity contribution in [3.63, 3.8) is 0 Å². The highest BCUT2D eigenvalue weighted by Crippen LogP contribution is 2.44. The first-order valence-corrected chi connectivity index (χ1v) is 11.8. The highest BCUT2D eigenvalue weighted by atomic mass is 35.5. The zero-order chi connectivity index (χ0) is 23.8. The summed E-state index contributed by atoms with van der Waals surface area (Å²) in [6, 6.07) is 20.2. The summed E-state index contributed by atoms with van der Waals surface area (Å²) in [5.41, 5.74) is 1.77. The highest BCUT2D eigenvalue weighted by molar-refractivity contribution is 7.22. The summed E-state index contributed by atoms with van der Waals surface area (Å²) in [7, 11) is 0. The Morgan fingerprint density at radius 1 is 1.09 bits per heavy atom. The average molecular weight is 491 g/mol. The van der Waals surface area contributed by atoms with Gasteiger partial charge in [-0.2, -0.15) is 0 Å². The van der Waals surface area contributed by atoms with Crippen LogP contribution in [0.3, 0.4) is 0 Å². The van der Waals surface area contributed by atoms with E-state index in [0.29, 0.717) is 39.2 Å². The largest absolute Gasteiger partial charge is 0.507 e. The van der Waals surface area contributed by atoms with Crippen molar-refractivity contribution in [1.82, 2.24) is 4.98 Å². The van der Waals surface area contributed by atoms with Crippen LogP contribution in [-0.2, 0) is 9.59 Å². The SMILES string of the molecule is CCOc1ccc2nc(N3C(=O)C(=O)/C(=C(/O)c4ccccc4)[C@@H]3c3ccc(Cl)cc3)sc2c1. The monoisotopic (exact) mass is 490 g/mol. The van der Waals surface area contributed by atoms with Gasteiger partial charge in [0, 0.05) is 10.6 Å². The predicted octanol–water partition coefficient (Wildman–Crippen LogP) is 5.97. The van der Waals surface area contributed by atoms with Gasteiger partial charge in [0.15, 0.2) is 5.13 Å². The molecule has 6 nitrogen and oxygen atoms in total. The molecule has 1 fully saturated rings. The smallest absolute Gasteiger partial charge is 0.301 e. The van der Waals surface area contributed by atoms with E-state index >= 15 is 0 Å². The molecule has 170 valence electrons. The Morgan fingerprint density at radius 3 is 2.53 bits per heavy atom. The van der Waals surface area contributed by atoms with Crippen LogP contribution in [0.5, 0.6) is 5.75 Å². The summed E-state index contributed by atoms with van der Waals surface area (Å²) < 4.78 is 6.40. The number of hydrogen-bond acceptors (Lipinski definition) is 6. The lowest BCUT2D eigenvalue weighted by Gasteiger charge is -2.23. The molecule has 1 aliphatic heterocycles. The van der Waals surface area contributed by atoms with Gasteiger partial charge in [-0.25, -0.2) is 4.98 Å². The minimum atomic E-state index is -0.857. The lowest BCUT2D eigenvalue weighted by atomic mass is 9.95. The van der Waals surface area contributed by atoms with E-state index in [-0.39, 0.29) is 11.3 Å². The second-order valence-electron chi connectivity index (χ2n) is 7.65. The van der Waals surface area contributed by atoms with Gasteiger partial charge in [0.1, 0.15) is 11.5 Å². The number of benzene rings is 3. The summed E-state index contributed by atoms with van der Waals surface area (Å²) in [6.45, 7) is 2.43. The van der Waals surface area contributed by atoms with Crippen molar-refractivity contribution in [1.29, 1.82) is 0 Å². The molecule has 8 heteroatoms. The third kappa shape index (κ3) is 3.83. The number of aromatic nitrogens is 1. The molecule has 5 rings (SSSR count). The molecule has 0 unspecified atom stereocenters. The number of ether oxygens (including phenoxy) is 1. The Morgan fingerprint density at radius 2 is 1.82 bits per heavy atom. The van der Waals surface area contributed by atoms with Gasteiger partial charge in [0.2, 0.25) is 0 Å². The first kappa shape index (κ1) is 22.1. The molecule has 1 amide bonds. The number of nitrogens with zero attached hydrogens (tertiary/aromatic N) is 2. The fourth-order valence-electron chi connectivity index (χ4n) is 3.99. The maximum absolute atomic E-state index is 13.3. The number of hydrogen-bond donors (Lipinski definition) is 1. The number of fused-ring (bicyclic) bond motifs is 1. The van der Waals surface area contributed by atoms with Gasteiger partial charge in [-0.3, -0.25) is 14.5 Å². The fraction of sp³-hybridized carbons (Fsp3) is 0.115. The van der Waals surface area contributed by atoms with E-state index in [4.69, 9.17) is 16.3 Å². The zero-order valence-electron chi connectivity index (χ0n) is 18.1. The molecule has 0 saturated carbocycles. The normalized spacial score (nSPS) is 17.5. The second kappa shape index (κ2) is 8.93. The van der Waals surface area contributed by atoms with Crippen LogP contribution in [0, 0.1) is 0 Å². The van der Waals surface area contributed by atoms with Crippen LogP contribution in [0.15, 0.2) is 78.4 Å². The molecule has 4 aromatic rings. The van der Waals surface area contributed by atoms with Crippen LogP contribution in [-0.4, -0.2) is 28.4 Å². The molecule has 0 bridgehead atoms. The number of thiazole rings is 1. The molecular weight excluding hydrogens is 472 g/mol. The Kier molecular flexibility index (Phi) is 5.81. The van der Waals surface area contributed by atoms with Gasteiger partial charge in [-0.1, -0.05) is 65.4 Å². The Hall–Kier alpha value is -3.68. The predicted molar refractivity (Wildman–Crippen MR) is 133 cm³/mol. The van der Waals surface area contributed by atoms with Crippen LogP contribution >= 0.6 is 22.9 Å². The highest BCUT2D eigenvalue weighted by Gasteiger charge is 2.48. The molecule has 0 aliphatic carbocycles. The van der Waals surface area contributed by atoms with Crippen LogP contribution in [0.1, 0.15) is 24.1 Å². The molecule has 1 N–H and O–H groups in total. The van der Waals surface area contributed by atoms with Gasteiger partial charge in [-0.15, -0.1) is 0 Å². The van der Waals surface area contributed by atoms with Crippen molar-refractivity contribution in [2.24, 2.45) is 0 Å². The van der Waals surface area contributed by atoms with Crippen LogP contribution < -0.4 is 9.64 Å². The Bertz CT molecular complexity index is 1430. The lowest BCUT2D eigenvalue weighted by molar-refractivity contribution is -0.132. The van der Waals surface area contributed by atoms with E-state index in [0.717, 1.165) is 4.70 Å². The number of halogens is 1. The lowest BCUT2D eigenvalue weighted by Crippen LogP contribution is -2.29. The molecule has 1 atom stereocenters. The number of Topliss-reactive ketones (excluding diaryl/α,β-unsaturated/α-hetero) is 1. The third-order valence-electron chi connectivity index (χ3n) is 5.54. The Labute approximate surface area is 204 Å². The van der Waals surface area contributed by atoms with Crippen molar-refractivity contribution in [3.8, 4) is 5.75 Å². The molecule has 0 radical (unpaired) electrons. The van der Waals surface area contributed by atoms with Gasteiger partial charge >= 0.3 is 5.91 Å². The van der Waals surface area contributed by atoms with Crippen LogP contribution in [0.2, 0.25) is 5.02 Å². The van der Waals surface area contributed by atoms with E-state index in [1.807, 2.05) is 31.2 Å². The number of rotatable bonds is 5. The molecule has 1 saturated heterocycles. The molecule has 1 aromatic heterocycles. The quantitative estimate of drug-likeness (QED) is 0.211. The number of aliphatic hydroxyl groups is 1. The summed E-state index contributed by atoms with van der Waals surface area (Å²) in [5, 5.41) is 12.0.